The van der Waals surface area contributed by atoms with Crippen molar-refractivity contribution in [3.8, 4) is 5.75 Å². The van der Waals surface area contributed by atoms with Crippen LogP contribution in [0.1, 0.15) is 22.8 Å². The van der Waals surface area contributed by atoms with E-state index in [2.05, 4.69) is 29.2 Å². The van der Waals surface area contributed by atoms with Crippen LogP contribution < -0.4 is 4.74 Å². The van der Waals surface area contributed by atoms with E-state index in [-0.39, 0.29) is 5.91 Å². The van der Waals surface area contributed by atoms with Crippen LogP contribution >= 0.6 is 0 Å². The number of hydrogen-bond acceptors (Lipinski definition) is 3. The van der Waals surface area contributed by atoms with E-state index >= 15 is 0 Å². The largest absolute Gasteiger partial charge is 0.493 e. The van der Waals surface area contributed by atoms with Crippen LogP contribution in [0.2, 0.25) is 0 Å². The van der Waals surface area contributed by atoms with E-state index in [0.717, 1.165) is 32.7 Å². The van der Waals surface area contributed by atoms with Crippen LogP contribution in [-0.4, -0.2) is 55.0 Å². The Morgan fingerprint density at radius 3 is 2.42 bits per heavy atom. The average molecular weight is 350 g/mol. The van der Waals surface area contributed by atoms with Crippen LogP contribution in [0, 0.1) is 0 Å². The van der Waals surface area contributed by atoms with Crippen LogP contribution in [0.4, 0.5) is 0 Å². The van der Waals surface area contributed by atoms with Gasteiger partial charge in [0, 0.05) is 32.7 Å². The van der Waals surface area contributed by atoms with Gasteiger partial charge in [-0.25, -0.2) is 0 Å². The first kappa shape index (κ1) is 18.2. The molecule has 4 nitrogen and oxygen atoms in total. The number of hydrogen-bond donors (Lipinski definition) is 0. The van der Waals surface area contributed by atoms with Gasteiger partial charge < -0.3 is 9.64 Å². The highest BCUT2D eigenvalue weighted by atomic mass is 16.5. The molecular formula is C22H26N2O2. The zero-order valence-electron chi connectivity index (χ0n) is 15.3. The maximum Gasteiger partial charge on any atom is 0.257 e. The molecule has 1 saturated heterocycles. The molecule has 0 atom stereocenters. The Kier molecular flexibility index (Phi) is 6.45. The van der Waals surface area contributed by atoms with Gasteiger partial charge in [0.2, 0.25) is 0 Å². The van der Waals surface area contributed by atoms with Crippen molar-refractivity contribution >= 4 is 12.0 Å². The number of ether oxygens (including phenoxy) is 1. The molecule has 1 aliphatic heterocycles. The summed E-state index contributed by atoms with van der Waals surface area (Å²) in [6.45, 7) is 6.68. The van der Waals surface area contributed by atoms with Crippen molar-refractivity contribution in [3.63, 3.8) is 0 Å². The second-order valence-electron chi connectivity index (χ2n) is 6.34. The maximum absolute atomic E-state index is 12.8. The Labute approximate surface area is 155 Å². The molecule has 2 aromatic carbocycles. The van der Waals surface area contributed by atoms with E-state index < -0.39 is 0 Å². The number of piperazine rings is 1. The van der Waals surface area contributed by atoms with Gasteiger partial charge in [0.25, 0.3) is 5.91 Å². The summed E-state index contributed by atoms with van der Waals surface area (Å²) in [4.78, 5) is 17.1. The first-order valence-corrected chi connectivity index (χ1v) is 9.23. The molecule has 0 unspecified atom stereocenters. The molecule has 2 aromatic rings. The minimum atomic E-state index is 0.0635. The van der Waals surface area contributed by atoms with Crippen LogP contribution in [-0.2, 0) is 0 Å². The molecule has 136 valence electrons. The SMILES string of the molecule is CCOc1ccccc1C(=O)N1CCN(CC=Cc2ccccc2)CC1. The Balaban J connectivity index is 1.52. The third-order valence-electron chi connectivity index (χ3n) is 4.55. The number of benzene rings is 2. The van der Waals surface area contributed by atoms with Crippen molar-refractivity contribution < 1.29 is 9.53 Å². The second kappa shape index (κ2) is 9.20. The molecule has 0 bridgehead atoms. The normalized spacial score (nSPS) is 15.3. The lowest BCUT2D eigenvalue weighted by atomic mass is 10.1. The van der Waals surface area contributed by atoms with Gasteiger partial charge in [-0.1, -0.05) is 54.6 Å². The predicted molar refractivity (Wildman–Crippen MR) is 105 cm³/mol. The third-order valence-corrected chi connectivity index (χ3v) is 4.55. The Bertz CT molecular complexity index is 735. The van der Waals surface area contributed by atoms with E-state index in [1.54, 1.807) is 0 Å². The van der Waals surface area contributed by atoms with Gasteiger partial charge in [-0.05, 0) is 24.6 Å². The second-order valence-corrected chi connectivity index (χ2v) is 6.34. The van der Waals surface area contributed by atoms with Gasteiger partial charge in [0.1, 0.15) is 5.75 Å². The summed E-state index contributed by atoms with van der Waals surface area (Å²) in [5, 5.41) is 0. The van der Waals surface area contributed by atoms with Gasteiger partial charge in [0.05, 0.1) is 12.2 Å². The zero-order valence-corrected chi connectivity index (χ0v) is 15.3. The van der Waals surface area contributed by atoms with Crippen molar-refractivity contribution in [3.05, 3.63) is 71.8 Å². The highest BCUT2D eigenvalue weighted by Gasteiger charge is 2.23. The molecule has 0 saturated carbocycles. The Hall–Kier alpha value is -2.59. The molecule has 3 rings (SSSR count). The molecule has 1 heterocycles. The third kappa shape index (κ3) is 4.73. The first-order chi connectivity index (χ1) is 12.8. The van der Waals surface area contributed by atoms with Crippen LogP contribution in [0.3, 0.4) is 0 Å². The molecular weight excluding hydrogens is 324 g/mol. The van der Waals surface area contributed by atoms with E-state index in [4.69, 9.17) is 4.74 Å². The topological polar surface area (TPSA) is 32.8 Å². The lowest BCUT2D eigenvalue weighted by Crippen LogP contribution is -2.48. The summed E-state index contributed by atoms with van der Waals surface area (Å²) in [7, 11) is 0. The highest BCUT2D eigenvalue weighted by molar-refractivity contribution is 5.97. The number of para-hydroxylation sites is 1. The van der Waals surface area contributed by atoms with Gasteiger partial charge in [-0.3, -0.25) is 9.69 Å². The fourth-order valence-corrected chi connectivity index (χ4v) is 3.13. The molecule has 0 radical (unpaired) electrons. The molecule has 1 amide bonds. The van der Waals surface area contributed by atoms with Gasteiger partial charge in [0.15, 0.2) is 0 Å². The summed E-state index contributed by atoms with van der Waals surface area (Å²) >= 11 is 0. The number of carbonyl (C=O) groups is 1. The predicted octanol–water partition coefficient (Wildman–Crippen LogP) is 3.56. The molecule has 0 N–H and O–H groups in total. The van der Waals surface area contributed by atoms with Gasteiger partial charge >= 0.3 is 0 Å². The minimum Gasteiger partial charge on any atom is -0.493 e. The van der Waals surface area contributed by atoms with Crippen molar-refractivity contribution in [2.75, 3.05) is 39.3 Å². The molecule has 0 aliphatic carbocycles. The molecule has 0 spiro atoms. The molecule has 4 heteroatoms. The summed E-state index contributed by atoms with van der Waals surface area (Å²) in [6, 6.07) is 17.8. The van der Waals surface area contributed by atoms with E-state index in [9.17, 15) is 4.79 Å². The van der Waals surface area contributed by atoms with Crippen molar-refractivity contribution in [2.24, 2.45) is 0 Å². The zero-order chi connectivity index (χ0) is 18.2. The molecule has 1 aliphatic rings. The van der Waals surface area contributed by atoms with E-state index in [1.807, 2.05) is 54.3 Å². The van der Waals surface area contributed by atoms with Gasteiger partial charge in [-0.2, -0.15) is 0 Å². The molecule has 1 fully saturated rings. The highest BCUT2D eigenvalue weighted by Crippen LogP contribution is 2.20. The van der Waals surface area contributed by atoms with Crippen LogP contribution in [0.15, 0.2) is 60.7 Å². The maximum atomic E-state index is 12.8. The number of carbonyl (C=O) groups excluding carboxylic acids is 1. The van der Waals surface area contributed by atoms with Crippen molar-refractivity contribution in [2.45, 2.75) is 6.92 Å². The fraction of sp³-hybridized carbons (Fsp3) is 0.318. The van der Waals surface area contributed by atoms with Crippen LogP contribution in [0.5, 0.6) is 5.75 Å². The molecule has 26 heavy (non-hydrogen) atoms. The molecule has 0 aromatic heterocycles. The smallest absolute Gasteiger partial charge is 0.257 e. The van der Waals surface area contributed by atoms with E-state index in [1.165, 1.54) is 5.56 Å². The fourth-order valence-electron chi connectivity index (χ4n) is 3.13. The minimum absolute atomic E-state index is 0.0635. The summed E-state index contributed by atoms with van der Waals surface area (Å²) in [5.74, 6) is 0.738. The van der Waals surface area contributed by atoms with E-state index in [0.29, 0.717) is 17.9 Å². The summed E-state index contributed by atoms with van der Waals surface area (Å²) in [5.41, 5.74) is 1.88. The average Bonchev–Trinajstić information content (AvgIpc) is 2.70. The standard InChI is InChI=1S/C22H26N2O2/c1-2-26-21-13-7-6-12-20(21)22(25)24-17-15-23(16-18-24)14-8-11-19-9-4-3-5-10-19/h3-13H,2,14-18H2,1H3. The van der Waals surface area contributed by atoms with Crippen LogP contribution in [0.25, 0.3) is 6.08 Å². The summed E-state index contributed by atoms with van der Waals surface area (Å²) < 4.78 is 5.60. The number of rotatable bonds is 6. The lowest BCUT2D eigenvalue weighted by molar-refractivity contribution is 0.0646. The van der Waals surface area contributed by atoms with Crippen molar-refractivity contribution in [1.29, 1.82) is 0 Å². The first-order valence-electron chi connectivity index (χ1n) is 9.23. The lowest BCUT2D eigenvalue weighted by Gasteiger charge is -2.34. The van der Waals surface area contributed by atoms with Crippen molar-refractivity contribution in [1.82, 2.24) is 9.80 Å². The van der Waals surface area contributed by atoms with Gasteiger partial charge in [-0.15, -0.1) is 0 Å². The number of nitrogens with zero attached hydrogens (tertiary/aromatic N) is 2. The number of amides is 1. The quantitative estimate of drug-likeness (QED) is 0.799. The Morgan fingerprint density at radius 1 is 1.00 bits per heavy atom. The monoisotopic (exact) mass is 350 g/mol. The Morgan fingerprint density at radius 2 is 1.69 bits per heavy atom. The summed E-state index contributed by atoms with van der Waals surface area (Å²) in [6.07, 6.45) is 4.34.